The molecule has 0 bridgehead atoms. The van der Waals surface area contributed by atoms with E-state index in [-0.39, 0.29) is 94.6 Å². The minimum Gasteiger partial charge on any atom is -0.854 e. The topological polar surface area (TPSA) is 116 Å². The number of nitrogens with zero attached hydrogens (tertiary/aromatic N) is 2. The molecule has 2 aromatic rings. The summed E-state index contributed by atoms with van der Waals surface area (Å²) >= 11 is 1.49. The zero-order valence-electron chi connectivity index (χ0n) is 18.6. The Morgan fingerprint density at radius 1 is 1.23 bits per heavy atom. The summed E-state index contributed by atoms with van der Waals surface area (Å²) in [5.41, 5.74) is -1.08. The number of amides is 1. The average molecular weight is 507 g/mol. The van der Waals surface area contributed by atoms with E-state index in [1.807, 2.05) is 12.3 Å². The molecule has 1 atom stereocenters. The van der Waals surface area contributed by atoms with Crippen LogP contribution in [-0.2, 0) is 13.2 Å². The van der Waals surface area contributed by atoms with Crippen molar-refractivity contribution in [1.29, 1.82) is 0 Å². The smallest absolute Gasteiger partial charge is 0.854 e. The first-order valence-corrected chi connectivity index (χ1v) is 10.1. The van der Waals surface area contributed by atoms with Crippen LogP contribution in [0, 0.1) is 5.92 Å². The second kappa shape index (κ2) is 17.0. The molecule has 31 heavy (non-hydrogen) atoms. The minimum absolute atomic E-state index is 0. The van der Waals surface area contributed by atoms with E-state index >= 15 is 0 Å². The van der Waals surface area contributed by atoms with Crippen molar-refractivity contribution in [1.82, 2.24) is 9.78 Å². The summed E-state index contributed by atoms with van der Waals surface area (Å²) in [6, 6.07) is 1.72. The van der Waals surface area contributed by atoms with E-state index in [0.717, 1.165) is 22.2 Å². The van der Waals surface area contributed by atoms with Gasteiger partial charge in [-0.05, 0) is 29.7 Å². The monoisotopic (exact) mass is 507 g/mol. The third-order valence-electron chi connectivity index (χ3n) is 3.56. The van der Waals surface area contributed by atoms with Crippen LogP contribution in [-0.4, -0.2) is 15.7 Å². The van der Waals surface area contributed by atoms with Gasteiger partial charge in [0.25, 0.3) is 5.91 Å². The first kappa shape index (κ1) is 37.0. The van der Waals surface area contributed by atoms with Gasteiger partial charge in [-0.3, -0.25) is 9.48 Å². The zero-order chi connectivity index (χ0) is 21.6. The maximum Gasteiger partial charge on any atom is 1.00 e. The van der Waals surface area contributed by atoms with E-state index in [2.05, 4.69) is 24.3 Å². The normalized spacial score (nSPS) is 11.5. The molecule has 158 valence electrons. The number of nitrogens with one attached hydrogen (secondary N) is 1. The van der Waals surface area contributed by atoms with Gasteiger partial charge in [0.05, 0.1) is 11.3 Å². The summed E-state index contributed by atoms with van der Waals surface area (Å²) < 4.78 is 40.0. The molecule has 1 amide bonds. The van der Waals surface area contributed by atoms with E-state index < -0.39 is 31.9 Å². The summed E-state index contributed by atoms with van der Waals surface area (Å²) in [7, 11) is -2.02. The maximum absolute atomic E-state index is 13.0. The SMILES string of the molecule is CC(C)CC(C)c1sccc1NC(=O)c1cn(C)nc1C(F)(F)F.[Na+].[Na+].[Na+].[O-]P([O-])[O-]. The van der Waals surface area contributed by atoms with E-state index in [1.165, 1.54) is 18.4 Å². The predicted molar refractivity (Wildman–Crippen MR) is 95.3 cm³/mol. The van der Waals surface area contributed by atoms with Gasteiger partial charge >= 0.3 is 94.8 Å². The van der Waals surface area contributed by atoms with Crippen molar-refractivity contribution >= 4 is 31.5 Å². The van der Waals surface area contributed by atoms with Gasteiger partial charge in [0.15, 0.2) is 5.69 Å². The number of carbonyl (C=O) groups excluding carboxylic acids is 1. The van der Waals surface area contributed by atoms with E-state index in [0.29, 0.717) is 11.6 Å². The Morgan fingerprint density at radius 2 is 1.74 bits per heavy atom. The Morgan fingerprint density at radius 3 is 2.19 bits per heavy atom. The number of aryl methyl sites for hydroxylation is 1. The third-order valence-corrected chi connectivity index (χ3v) is 4.71. The Hall–Kier alpha value is 1.48. The number of hydrogen-bond donors (Lipinski definition) is 1. The average Bonchev–Trinajstić information content (AvgIpc) is 3.11. The molecule has 2 heterocycles. The van der Waals surface area contributed by atoms with Crippen LogP contribution in [0.5, 0.6) is 0 Å². The number of carbonyl (C=O) groups is 1. The molecule has 15 heteroatoms. The Bertz CT molecular complexity index is 789. The number of aromatic nitrogens is 2. The number of rotatable bonds is 5. The number of alkyl halides is 3. The summed E-state index contributed by atoms with van der Waals surface area (Å²) in [6.45, 7) is 6.26. The van der Waals surface area contributed by atoms with E-state index in [4.69, 9.17) is 14.7 Å². The van der Waals surface area contributed by atoms with Crippen molar-refractivity contribution in [3.05, 3.63) is 33.8 Å². The molecule has 0 saturated heterocycles. The number of halogens is 3. The molecule has 0 aromatic carbocycles. The molecule has 0 aliphatic carbocycles. The molecular weight excluding hydrogens is 487 g/mol. The number of thiophene rings is 1. The molecular formula is C16H20F3N3Na3O4PS. The van der Waals surface area contributed by atoms with E-state index in [9.17, 15) is 18.0 Å². The number of anilines is 1. The largest absolute Gasteiger partial charge is 1.00 e. The first-order chi connectivity index (χ1) is 12.8. The van der Waals surface area contributed by atoms with E-state index in [1.54, 1.807) is 6.07 Å². The molecule has 1 unspecified atom stereocenters. The van der Waals surface area contributed by atoms with Crippen molar-refractivity contribution in [2.45, 2.75) is 39.3 Å². The van der Waals surface area contributed by atoms with Crippen LogP contribution in [0.15, 0.2) is 17.6 Å². The first-order valence-electron chi connectivity index (χ1n) is 8.14. The second-order valence-electron chi connectivity index (χ2n) is 6.47. The Balaban J connectivity index is -0.00000103. The molecule has 0 aliphatic rings. The molecule has 0 aliphatic heterocycles. The Labute approximate surface area is 251 Å². The van der Waals surface area contributed by atoms with Crippen molar-refractivity contribution < 1.29 is 121 Å². The van der Waals surface area contributed by atoms with Crippen molar-refractivity contribution in [3.8, 4) is 0 Å². The van der Waals surface area contributed by atoms with Gasteiger partial charge in [0, 0.05) is 18.1 Å². The van der Waals surface area contributed by atoms with Crippen molar-refractivity contribution in [3.63, 3.8) is 0 Å². The molecule has 1 N–H and O–H groups in total. The van der Waals surface area contributed by atoms with Gasteiger partial charge < -0.3 is 28.6 Å². The van der Waals surface area contributed by atoms with Gasteiger partial charge in [0.2, 0.25) is 0 Å². The fraction of sp³-hybridized carbons (Fsp3) is 0.500. The molecule has 0 radical (unpaired) electrons. The van der Waals surface area contributed by atoms with Gasteiger partial charge in [-0.15, -0.1) is 11.3 Å². The maximum atomic E-state index is 13.0. The summed E-state index contributed by atoms with van der Waals surface area (Å²) in [6.07, 6.45) is -2.65. The van der Waals surface area contributed by atoms with Crippen molar-refractivity contribution in [2.75, 3.05) is 5.32 Å². The van der Waals surface area contributed by atoms with Crippen LogP contribution >= 0.6 is 19.9 Å². The Kier molecular flexibility index (Phi) is 20.3. The fourth-order valence-corrected chi connectivity index (χ4v) is 3.60. The molecule has 0 spiro atoms. The van der Waals surface area contributed by atoms with Gasteiger partial charge in [-0.2, -0.15) is 18.3 Å². The minimum atomic E-state index is -4.67. The van der Waals surface area contributed by atoms with Gasteiger partial charge in [-0.1, -0.05) is 20.8 Å². The molecule has 0 saturated carbocycles. The standard InChI is InChI=1S/C16H20F3N3OS.3Na.O3P/c1-9(2)7-10(3)13-12(5-6-24-13)20-15(23)11-8-22(4)21-14(11)16(17,18)19;;;;1-4(2)3/h5-6,8-10H,7H2,1-4H3,(H,20,23);;;;/q;3*+1;-3. The van der Waals surface area contributed by atoms with Crippen LogP contribution in [0.25, 0.3) is 0 Å². The number of hydrogen-bond acceptors (Lipinski definition) is 6. The van der Waals surface area contributed by atoms with Crippen molar-refractivity contribution in [2.24, 2.45) is 13.0 Å². The van der Waals surface area contributed by atoms with Crippen LogP contribution in [0.3, 0.4) is 0 Å². The fourth-order valence-electron chi connectivity index (χ4n) is 2.67. The summed E-state index contributed by atoms with van der Waals surface area (Å²) in [5, 5.41) is 7.80. The molecule has 2 aromatic heterocycles. The third kappa shape index (κ3) is 13.2. The van der Waals surface area contributed by atoms with Gasteiger partial charge in [-0.25, -0.2) is 0 Å². The zero-order valence-corrected chi connectivity index (χ0v) is 26.3. The predicted octanol–water partition coefficient (Wildman–Crippen LogP) is -6.79. The van der Waals surface area contributed by atoms with Gasteiger partial charge in [0.1, 0.15) is 0 Å². The summed E-state index contributed by atoms with van der Waals surface area (Å²) in [4.78, 5) is 38.7. The van der Waals surface area contributed by atoms with Crippen LogP contribution in [0.1, 0.15) is 54.0 Å². The van der Waals surface area contributed by atoms with Crippen LogP contribution in [0.4, 0.5) is 18.9 Å². The summed E-state index contributed by atoms with van der Waals surface area (Å²) in [5.74, 6) is -0.0936. The molecule has 0 fully saturated rings. The molecule has 2 rings (SSSR count). The molecule has 7 nitrogen and oxygen atoms in total. The van der Waals surface area contributed by atoms with Crippen LogP contribution in [0.2, 0.25) is 0 Å². The van der Waals surface area contributed by atoms with Crippen LogP contribution < -0.4 is 109 Å². The quantitative estimate of drug-likeness (QED) is 0.319. The second-order valence-corrected chi connectivity index (χ2v) is 7.86.